The largest absolute Gasteiger partial charge is 0.345 e. The van der Waals surface area contributed by atoms with Crippen molar-refractivity contribution in [3.63, 3.8) is 0 Å². The Balaban J connectivity index is 1.79. The second kappa shape index (κ2) is 8.40. The average Bonchev–Trinajstić information content (AvgIpc) is 2.68. The summed E-state index contributed by atoms with van der Waals surface area (Å²) >= 11 is 0. The number of anilines is 2. The first-order valence-electron chi connectivity index (χ1n) is 8.96. The highest BCUT2D eigenvalue weighted by molar-refractivity contribution is 5.93. The number of hydrogen-bond acceptors (Lipinski definition) is 5. The second-order valence-corrected chi connectivity index (χ2v) is 6.28. The van der Waals surface area contributed by atoms with Crippen molar-refractivity contribution in [2.24, 2.45) is 0 Å². The fraction of sp³-hybridized carbons (Fsp3) is 0.238. The van der Waals surface area contributed by atoms with Crippen molar-refractivity contribution in [2.75, 3.05) is 5.32 Å². The van der Waals surface area contributed by atoms with E-state index in [-0.39, 0.29) is 5.91 Å². The molecular weight excluding hydrogens is 338 g/mol. The van der Waals surface area contributed by atoms with Gasteiger partial charge in [-0.25, -0.2) is 9.97 Å². The number of amides is 1. The number of rotatable bonds is 6. The van der Waals surface area contributed by atoms with Gasteiger partial charge < -0.3 is 10.6 Å². The summed E-state index contributed by atoms with van der Waals surface area (Å²) in [6, 6.07) is 13.4. The first kappa shape index (κ1) is 18.5. The minimum Gasteiger partial charge on any atom is -0.345 e. The van der Waals surface area contributed by atoms with Crippen molar-refractivity contribution in [1.82, 2.24) is 20.3 Å². The maximum Gasteiger partial charge on any atom is 0.270 e. The van der Waals surface area contributed by atoms with E-state index in [0.717, 1.165) is 23.4 Å². The zero-order valence-corrected chi connectivity index (χ0v) is 15.8. The number of pyridine rings is 1. The number of carbonyl (C=O) groups is 1. The SMILES string of the molecule is CCc1cccc(C)c1Nc1cc(C(=O)NCc2ccccn2)nc(C)n1. The van der Waals surface area contributed by atoms with Gasteiger partial charge in [-0.3, -0.25) is 9.78 Å². The maximum atomic E-state index is 12.5. The Labute approximate surface area is 159 Å². The monoisotopic (exact) mass is 361 g/mol. The standard InChI is InChI=1S/C21H23N5O/c1-4-16-9-7-8-14(2)20(16)26-19-12-18(24-15(3)25-19)21(27)23-13-17-10-5-6-11-22-17/h5-12H,4,13H2,1-3H3,(H,23,27)(H,24,25,26). The van der Waals surface area contributed by atoms with Gasteiger partial charge in [0.1, 0.15) is 17.3 Å². The molecule has 6 nitrogen and oxygen atoms in total. The number of hydrogen-bond donors (Lipinski definition) is 2. The Morgan fingerprint density at radius 3 is 2.67 bits per heavy atom. The van der Waals surface area contributed by atoms with Gasteiger partial charge in [-0.1, -0.05) is 31.2 Å². The summed E-state index contributed by atoms with van der Waals surface area (Å²) in [5.74, 6) is 0.888. The third-order valence-electron chi connectivity index (χ3n) is 4.22. The molecule has 2 aromatic heterocycles. The van der Waals surface area contributed by atoms with E-state index in [1.54, 1.807) is 19.2 Å². The molecule has 3 aromatic rings. The first-order valence-corrected chi connectivity index (χ1v) is 8.96. The van der Waals surface area contributed by atoms with Crippen LogP contribution in [0.3, 0.4) is 0 Å². The van der Waals surface area contributed by atoms with Gasteiger partial charge in [0.2, 0.25) is 0 Å². The molecule has 2 heterocycles. The Kier molecular flexibility index (Phi) is 5.76. The molecule has 6 heteroatoms. The molecule has 0 saturated heterocycles. The molecule has 138 valence electrons. The number of nitrogens with zero attached hydrogens (tertiary/aromatic N) is 3. The van der Waals surface area contributed by atoms with E-state index in [2.05, 4.69) is 51.6 Å². The number of aromatic nitrogens is 3. The van der Waals surface area contributed by atoms with Gasteiger partial charge >= 0.3 is 0 Å². The summed E-state index contributed by atoms with van der Waals surface area (Å²) in [5.41, 5.74) is 4.48. The highest BCUT2D eigenvalue weighted by atomic mass is 16.1. The number of nitrogens with one attached hydrogen (secondary N) is 2. The van der Waals surface area contributed by atoms with Crippen LogP contribution in [0.4, 0.5) is 11.5 Å². The van der Waals surface area contributed by atoms with E-state index >= 15 is 0 Å². The summed E-state index contributed by atoms with van der Waals surface area (Å²) in [4.78, 5) is 25.4. The summed E-state index contributed by atoms with van der Waals surface area (Å²) < 4.78 is 0. The summed E-state index contributed by atoms with van der Waals surface area (Å²) in [6.45, 7) is 6.29. The van der Waals surface area contributed by atoms with Crippen LogP contribution in [0.5, 0.6) is 0 Å². The lowest BCUT2D eigenvalue weighted by molar-refractivity contribution is 0.0945. The highest BCUT2D eigenvalue weighted by Crippen LogP contribution is 2.24. The normalized spacial score (nSPS) is 10.5. The maximum absolute atomic E-state index is 12.5. The molecule has 0 unspecified atom stereocenters. The Morgan fingerprint density at radius 1 is 1.07 bits per heavy atom. The lowest BCUT2D eigenvalue weighted by Gasteiger charge is -2.14. The molecule has 1 amide bonds. The number of benzene rings is 1. The predicted octanol–water partition coefficient (Wildman–Crippen LogP) is 3.72. The molecule has 1 aromatic carbocycles. The van der Waals surface area contributed by atoms with Gasteiger partial charge in [-0.15, -0.1) is 0 Å². The fourth-order valence-electron chi connectivity index (χ4n) is 2.84. The van der Waals surface area contributed by atoms with Crippen molar-refractivity contribution < 1.29 is 4.79 Å². The highest BCUT2D eigenvalue weighted by Gasteiger charge is 2.12. The van der Waals surface area contributed by atoms with E-state index in [1.165, 1.54) is 5.56 Å². The van der Waals surface area contributed by atoms with E-state index in [0.29, 0.717) is 23.9 Å². The molecule has 2 N–H and O–H groups in total. The number of carbonyl (C=O) groups excluding carboxylic acids is 1. The zero-order chi connectivity index (χ0) is 19.2. The van der Waals surface area contributed by atoms with Crippen molar-refractivity contribution in [3.8, 4) is 0 Å². The molecule has 0 aliphatic carbocycles. The summed E-state index contributed by atoms with van der Waals surface area (Å²) in [6.07, 6.45) is 2.61. The topological polar surface area (TPSA) is 79.8 Å². The van der Waals surface area contributed by atoms with Gasteiger partial charge in [-0.2, -0.15) is 0 Å². The van der Waals surface area contributed by atoms with Gasteiger partial charge in [0.15, 0.2) is 0 Å². The van der Waals surface area contributed by atoms with Crippen LogP contribution in [-0.2, 0) is 13.0 Å². The molecule has 27 heavy (non-hydrogen) atoms. The van der Waals surface area contributed by atoms with Crippen LogP contribution in [0.1, 0.15) is 40.1 Å². The van der Waals surface area contributed by atoms with Crippen molar-refractivity contribution in [1.29, 1.82) is 0 Å². The van der Waals surface area contributed by atoms with Gasteiger partial charge in [-0.05, 0) is 43.5 Å². The molecule has 0 atom stereocenters. The quantitative estimate of drug-likeness (QED) is 0.699. The van der Waals surface area contributed by atoms with Crippen molar-refractivity contribution >= 4 is 17.4 Å². The Bertz CT molecular complexity index is 941. The van der Waals surface area contributed by atoms with E-state index < -0.39 is 0 Å². The van der Waals surface area contributed by atoms with Crippen LogP contribution in [-0.4, -0.2) is 20.9 Å². The fourth-order valence-corrected chi connectivity index (χ4v) is 2.84. The second-order valence-electron chi connectivity index (χ2n) is 6.28. The molecular formula is C21H23N5O. The first-order chi connectivity index (χ1) is 13.1. The molecule has 0 bridgehead atoms. The molecule has 0 spiro atoms. The van der Waals surface area contributed by atoms with E-state index in [4.69, 9.17) is 0 Å². The minimum atomic E-state index is -0.255. The number of para-hydroxylation sites is 1. The number of aryl methyl sites for hydroxylation is 3. The van der Waals surface area contributed by atoms with E-state index in [9.17, 15) is 4.79 Å². The van der Waals surface area contributed by atoms with Crippen LogP contribution in [0.15, 0.2) is 48.7 Å². The van der Waals surface area contributed by atoms with Crippen LogP contribution in [0.25, 0.3) is 0 Å². The lowest BCUT2D eigenvalue weighted by Crippen LogP contribution is -2.24. The minimum absolute atomic E-state index is 0.255. The third-order valence-corrected chi connectivity index (χ3v) is 4.22. The molecule has 0 radical (unpaired) electrons. The Hall–Kier alpha value is -3.28. The van der Waals surface area contributed by atoms with Crippen LogP contribution in [0.2, 0.25) is 0 Å². The smallest absolute Gasteiger partial charge is 0.270 e. The lowest BCUT2D eigenvalue weighted by atomic mass is 10.1. The van der Waals surface area contributed by atoms with Crippen LogP contribution >= 0.6 is 0 Å². The Morgan fingerprint density at radius 2 is 1.93 bits per heavy atom. The molecule has 0 fully saturated rings. The molecule has 0 aliphatic heterocycles. The molecule has 0 saturated carbocycles. The van der Waals surface area contributed by atoms with Gasteiger partial charge in [0.25, 0.3) is 5.91 Å². The average molecular weight is 361 g/mol. The summed E-state index contributed by atoms with van der Waals surface area (Å²) in [7, 11) is 0. The predicted molar refractivity (Wildman–Crippen MR) is 106 cm³/mol. The van der Waals surface area contributed by atoms with Crippen molar-refractivity contribution in [2.45, 2.75) is 33.7 Å². The van der Waals surface area contributed by atoms with Crippen LogP contribution < -0.4 is 10.6 Å². The van der Waals surface area contributed by atoms with E-state index in [1.807, 2.05) is 24.3 Å². The van der Waals surface area contributed by atoms with Crippen LogP contribution in [0, 0.1) is 13.8 Å². The molecule has 0 aliphatic rings. The third kappa shape index (κ3) is 4.67. The summed E-state index contributed by atoms with van der Waals surface area (Å²) in [5, 5.41) is 6.21. The molecule has 3 rings (SSSR count). The van der Waals surface area contributed by atoms with Gasteiger partial charge in [0, 0.05) is 18.0 Å². The van der Waals surface area contributed by atoms with Gasteiger partial charge in [0.05, 0.1) is 12.2 Å². The van der Waals surface area contributed by atoms with Crippen molar-refractivity contribution in [3.05, 3.63) is 77.0 Å². The zero-order valence-electron chi connectivity index (χ0n) is 15.8.